The van der Waals surface area contributed by atoms with E-state index in [1.54, 1.807) is 42.5 Å². The number of anilines is 2. The maximum Gasteiger partial charge on any atom is 0.272 e. The molecule has 6 heteroatoms. The largest absolute Gasteiger partial charge is 0.508 e. The van der Waals surface area contributed by atoms with Crippen LogP contribution in [0.15, 0.2) is 84.6 Å². The van der Waals surface area contributed by atoms with Crippen molar-refractivity contribution in [3.63, 3.8) is 0 Å². The van der Waals surface area contributed by atoms with Crippen LogP contribution in [0, 0.1) is 0 Å². The molecule has 0 aromatic heterocycles. The molecule has 0 fully saturated rings. The highest BCUT2D eigenvalue weighted by molar-refractivity contribution is 6.10. The van der Waals surface area contributed by atoms with E-state index in [0.717, 1.165) is 11.3 Å². The first kappa shape index (κ1) is 20.7. The van der Waals surface area contributed by atoms with Crippen molar-refractivity contribution in [2.24, 2.45) is 0 Å². The van der Waals surface area contributed by atoms with Crippen molar-refractivity contribution < 1.29 is 14.7 Å². The van der Waals surface area contributed by atoms with E-state index < -0.39 is 11.8 Å². The average Bonchev–Trinajstić information content (AvgIpc) is 2.74. The summed E-state index contributed by atoms with van der Waals surface area (Å²) in [5, 5.41) is 15.0. The fourth-order valence-electron chi connectivity index (χ4n) is 2.76. The number of hydrogen-bond donors (Lipinski definition) is 3. The summed E-state index contributed by atoms with van der Waals surface area (Å²) in [6, 6.07) is 22.5. The van der Waals surface area contributed by atoms with Crippen LogP contribution in [0.25, 0.3) is 6.08 Å². The van der Waals surface area contributed by atoms with E-state index in [4.69, 9.17) is 0 Å². The minimum Gasteiger partial charge on any atom is -0.508 e. The Hall–Kier alpha value is -4.06. The van der Waals surface area contributed by atoms with Crippen LogP contribution in [-0.4, -0.2) is 31.0 Å². The molecule has 0 saturated heterocycles. The van der Waals surface area contributed by atoms with Crippen molar-refractivity contribution in [2.75, 3.05) is 24.3 Å². The number of rotatable bonds is 6. The summed E-state index contributed by atoms with van der Waals surface area (Å²) in [6.45, 7) is 0. The van der Waals surface area contributed by atoms with Gasteiger partial charge in [-0.3, -0.25) is 9.59 Å². The van der Waals surface area contributed by atoms with Crippen molar-refractivity contribution in [1.29, 1.82) is 0 Å². The summed E-state index contributed by atoms with van der Waals surface area (Å²) in [7, 11) is 3.89. The number of carbonyl (C=O) groups excluding carboxylic acids is 2. The van der Waals surface area contributed by atoms with Gasteiger partial charge in [0.25, 0.3) is 11.8 Å². The molecule has 0 spiro atoms. The molecule has 0 saturated carbocycles. The van der Waals surface area contributed by atoms with Gasteiger partial charge in [-0.05, 0) is 48.0 Å². The van der Waals surface area contributed by atoms with Gasteiger partial charge in [-0.25, -0.2) is 0 Å². The lowest BCUT2D eigenvalue weighted by Crippen LogP contribution is -2.30. The molecule has 0 aliphatic heterocycles. The van der Waals surface area contributed by atoms with Crippen molar-refractivity contribution in [3.05, 3.63) is 95.7 Å². The molecule has 3 N–H and O–H groups in total. The number of nitrogens with one attached hydrogen (secondary N) is 2. The lowest BCUT2D eigenvalue weighted by molar-refractivity contribution is -0.113. The number of benzene rings is 3. The summed E-state index contributed by atoms with van der Waals surface area (Å²) >= 11 is 0. The first-order valence-corrected chi connectivity index (χ1v) is 9.38. The molecule has 0 heterocycles. The van der Waals surface area contributed by atoms with E-state index >= 15 is 0 Å². The quantitative estimate of drug-likeness (QED) is 0.548. The van der Waals surface area contributed by atoms with Crippen LogP contribution in [0.5, 0.6) is 5.75 Å². The molecule has 0 unspecified atom stereocenters. The highest BCUT2D eigenvalue weighted by Gasteiger charge is 2.15. The van der Waals surface area contributed by atoms with Crippen LogP contribution in [-0.2, 0) is 4.79 Å². The second-order valence-electron chi connectivity index (χ2n) is 6.87. The third-order valence-corrected chi connectivity index (χ3v) is 4.35. The van der Waals surface area contributed by atoms with Gasteiger partial charge in [-0.1, -0.05) is 36.4 Å². The van der Waals surface area contributed by atoms with Crippen molar-refractivity contribution in [3.8, 4) is 5.75 Å². The zero-order chi connectivity index (χ0) is 21.5. The van der Waals surface area contributed by atoms with E-state index in [-0.39, 0.29) is 11.4 Å². The SMILES string of the molecule is CN(C)c1ccc(/C=C(\NC(=O)c2ccccc2)C(=O)Nc2cccc(O)c2)cc1. The minimum absolute atomic E-state index is 0.0333. The predicted octanol–water partition coefficient (Wildman–Crippen LogP) is 3.87. The van der Waals surface area contributed by atoms with Crippen molar-refractivity contribution in [1.82, 2.24) is 5.32 Å². The van der Waals surface area contributed by atoms with E-state index in [2.05, 4.69) is 10.6 Å². The Morgan fingerprint density at radius 1 is 0.900 bits per heavy atom. The third kappa shape index (κ3) is 5.48. The standard InChI is InChI=1S/C24H23N3O3/c1-27(2)20-13-11-17(12-14-20)15-22(26-23(29)18-7-4-3-5-8-18)24(30)25-19-9-6-10-21(28)16-19/h3-16,28H,1-2H3,(H,25,30)(H,26,29)/b22-15-. The number of amides is 2. The molecule has 0 bridgehead atoms. The van der Waals surface area contributed by atoms with Gasteiger partial charge in [0.15, 0.2) is 0 Å². The van der Waals surface area contributed by atoms with Gasteiger partial charge >= 0.3 is 0 Å². The molecule has 6 nitrogen and oxygen atoms in total. The van der Waals surface area contributed by atoms with Crippen molar-refractivity contribution >= 4 is 29.3 Å². The minimum atomic E-state index is -0.499. The fourth-order valence-corrected chi connectivity index (χ4v) is 2.76. The van der Waals surface area contributed by atoms with Gasteiger partial charge in [0.1, 0.15) is 11.4 Å². The van der Waals surface area contributed by atoms with Crippen molar-refractivity contribution in [2.45, 2.75) is 0 Å². The lowest BCUT2D eigenvalue weighted by atomic mass is 10.1. The maximum atomic E-state index is 12.9. The van der Waals surface area contributed by atoms with Crippen LogP contribution in [0.3, 0.4) is 0 Å². The van der Waals surface area contributed by atoms with Gasteiger partial charge < -0.3 is 20.6 Å². The molecule has 152 valence electrons. The fraction of sp³-hybridized carbons (Fsp3) is 0.0833. The Kier molecular flexibility index (Phi) is 6.49. The lowest BCUT2D eigenvalue weighted by Gasteiger charge is -2.13. The first-order valence-electron chi connectivity index (χ1n) is 9.38. The van der Waals surface area contributed by atoms with Crippen LogP contribution in [0.4, 0.5) is 11.4 Å². The molecule has 3 rings (SSSR count). The molecule has 0 atom stereocenters. The smallest absolute Gasteiger partial charge is 0.272 e. The molecule has 0 radical (unpaired) electrons. The highest BCUT2D eigenvalue weighted by Crippen LogP contribution is 2.18. The number of hydrogen-bond acceptors (Lipinski definition) is 4. The Morgan fingerprint density at radius 3 is 2.23 bits per heavy atom. The van der Waals surface area contributed by atoms with E-state index in [1.807, 2.05) is 49.3 Å². The zero-order valence-corrected chi connectivity index (χ0v) is 16.8. The van der Waals surface area contributed by atoms with Gasteiger partial charge in [0, 0.05) is 37.1 Å². The molecule has 0 aliphatic carbocycles. The van der Waals surface area contributed by atoms with Gasteiger partial charge in [0.05, 0.1) is 0 Å². The van der Waals surface area contributed by atoms with E-state index in [0.29, 0.717) is 11.3 Å². The monoisotopic (exact) mass is 401 g/mol. The van der Waals surface area contributed by atoms with E-state index in [9.17, 15) is 14.7 Å². The molecular formula is C24H23N3O3. The van der Waals surface area contributed by atoms with E-state index in [1.165, 1.54) is 12.1 Å². The zero-order valence-electron chi connectivity index (χ0n) is 16.8. The normalized spacial score (nSPS) is 10.9. The molecule has 3 aromatic carbocycles. The van der Waals surface area contributed by atoms with Crippen LogP contribution in [0.2, 0.25) is 0 Å². The third-order valence-electron chi connectivity index (χ3n) is 4.35. The number of nitrogens with zero attached hydrogens (tertiary/aromatic N) is 1. The van der Waals surface area contributed by atoms with Gasteiger partial charge in [-0.2, -0.15) is 0 Å². The Bertz CT molecular complexity index is 1060. The van der Waals surface area contributed by atoms with Crippen LogP contribution < -0.4 is 15.5 Å². The van der Waals surface area contributed by atoms with Gasteiger partial charge in [0.2, 0.25) is 0 Å². The number of phenolic OH excluding ortho intramolecular Hbond substituents is 1. The maximum absolute atomic E-state index is 12.9. The van der Waals surface area contributed by atoms with Crippen LogP contribution >= 0.6 is 0 Å². The molecule has 3 aromatic rings. The number of phenols is 1. The molecule has 2 amide bonds. The second kappa shape index (κ2) is 9.43. The summed E-state index contributed by atoms with van der Waals surface area (Å²) in [5.41, 5.74) is 2.73. The Morgan fingerprint density at radius 2 is 1.60 bits per heavy atom. The summed E-state index contributed by atoms with van der Waals surface area (Å²) in [6.07, 6.45) is 1.61. The highest BCUT2D eigenvalue weighted by atomic mass is 16.3. The molecule has 30 heavy (non-hydrogen) atoms. The summed E-state index contributed by atoms with van der Waals surface area (Å²) in [4.78, 5) is 27.5. The predicted molar refractivity (Wildman–Crippen MR) is 119 cm³/mol. The topological polar surface area (TPSA) is 81.7 Å². The summed E-state index contributed by atoms with van der Waals surface area (Å²) in [5.74, 6) is -0.856. The number of aromatic hydroxyl groups is 1. The second-order valence-corrected chi connectivity index (χ2v) is 6.87. The molecular weight excluding hydrogens is 378 g/mol. The van der Waals surface area contributed by atoms with Gasteiger partial charge in [-0.15, -0.1) is 0 Å². The Labute approximate surface area is 175 Å². The number of carbonyl (C=O) groups is 2. The molecule has 0 aliphatic rings. The van der Waals surface area contributed by atoms with Crippen LogP contribution in [0.1, 0.15) is 15.9 Å². The first-order chi connectivity index (χ1) is 14.4. The summed E-state index contributed by atoms with van der Waals surface area (Å²) < 4.78 is 0. The Balaban J connectivity index is 1.88. The average molecular weight is 401 g/mol.